The van der Waals surface area contributed by atoms with E-state index in [0.29, 0.717) is 12.4 Å². The lowest BCUT2D eigenvalue weighted by Gasteiger charge is -2.35. The molecule has 2 rings (SSSR count). The second kappa shape index (κ2) is 4.70. The zero-order valence-corrected chi connectivity index (χ0v) is 9.32. The van der Waals surface area contributed by atoms with Crippen molar-refractivity contribution in [2.75, 3.05) is 25.2 Å². The lowest BCUT2D eigenvalue weighted by Crippen LogP contribution is -2.40. The largest absolute Gasteiger partial charge is 0.489 e. The number of rotatable bonds is 3. The van der Waals surface area contributed by atoms with Crippen LogP contribution in [0.25, 0.3) is 0 Å². The van der Waals surface area contributed by atoms with Gasteiger partial charge in [0.25, 0.3) is 0 Å². The quantitative estimate of drug-likeness (QED) is 0.851. The van der Waals surface area contributed by atoms with E-state index in [9.17, 15) is 4.39 Å². The summed E-state index contributed by atoms with van der Waals surface area (Å²) in [7, 11) is 1.97. The molecule has 4 heteroatoms. The van der Waals surface area contributed by atoms with Gasteiger partial charge in [0.1, 0.15) is 18.2 Å². The average molecular weight is 225 g/mol. The fraction of sp³-hybridized carbons (Fsp3) is 0.500. The first-order chi connectivity index (χ1) is 7.72. The minimum atomic E-state index is -0.277. The second-order valence-corrected chi connectivity index (χ2v) is 4.05. The summed E-state index contributed by atoms with van der Waals surface area (Å²) in [4.78, 5) is 2.09. The summed E-state index contributed by atoms with van der Waals surface area (Å²) >= 11 is 0. The molecule has 1 aliphatic heterocycles. The molecule has 3 nitrogen and oxygen atoms in total. The van der Waals surface area contributed by atoms with Gasteiger partial charge >= 0.3 is 0 Å². The SMILES string of the molecule is CN1c2ccc(F)cc2OCC1CCCO. The van der Waals surface area contributed by atoms with Crippen LogP contribution in [0.3, 0.4) is 0 Å². The van der Waals surface area contributed by atoms with Crippen molar-refractivity contribution >= 4 is 5.69 Å². The van der Waals surface area contributed by atoms with Crippen LogP contribution >= 0.6 is 0 Å². The van der Waals surface area contributed by atoms with Crippen LogP contribution in [0.15, 0.2) is 18.2 Å². The number of nitrogens with zero attached hydrogens (tertiary/aromatic N) is 1. The van der Waals surface area contributed by atoms with Gasteiger partial charge in [-0.1, -0.05) is 0 Å². The molecule has 88 valence electrons. The van der Waals surface area contributed by atoms with Crippen molar-refractivity contribution in [1.29, 1.82) is 0 Å². The summed E-state index contributed by atoms with van der Waals surface area (Å²) in [5, 5.41) is 8.81. The van der Waals surface area contributed by atoms with Gasteiger partial charge in [-0.2, -0.15) is 0 Å². The summed E-state index contributed by atoms with van der Waals surface area (Å²) < 4.78 is 18.5. The number of aliphatic hydroxyl groups is 1. The lowest BCUT2D eigenvalue weighted by molar-refractivity contribution is 0.236. The standard InChI is InChI=1S/C12H16FNO2/c1-14-10(3-2-6-15)8-16-12-7-9(13)4-5-11(12)14/h4-5,7,10,15H,2-3,6,8H2,1H3. The smallest absolute Gasteiger partial charge is 0.145 e. The highest BCUT2D eigenvalue weighted by molar-refractivity contribution is 5.60. The van der Waals surface area contributed by atoms with Crippen LogP contribution in [0.5, 0.6) is 5.75 Å². The Hall–Kier alpha value is -1.29. The normalized spacial score (nSPS) is 19.2. The molecule has 0 amide bonds. The molecule has 0 spiro atoms. The molecule has 1 heterocycles. The minimum absolute atomic E-state index is 0.195. The number of halogens is 1. The molecule has 0 saturated carbocycles. The fourth-order valence-corrected chi connectivity index (χ4v) is 1.99. The summed E-state index contributed by atoms with van der Waals surface area (Å²) in [6, 6.07) is 4.84. The number of hydrogen-bond donors (Lipinski definition) is 1. The third-order valence-corrected chi connectivity index (χ3v) is 2.98. The molecule has 1 aromatic rings. The average Bonchev–Trinajstić information content (AvgIpc) is 2.28. The van der Waals surface area contributed by atoms with Crippen molar-refractivity contribution < 1.29 is 14.2 Å². The highest BCUT2D eigenvalue weighted by atomic mass is 19.1. The van der Waals surface area contributed by atoms with Gasteiger partial charge in [-0.15, -0.1) is 0 Å². The Kier molecular flexibility index (Phi) is 3.29. The van der Waals surface area contributed by atoms with Gasteiger partial charge in [-0.3, -0.25) is 0 Å². The Bertz CT molecular complexity index is 370. The molecule has 1 aromatic carbocycles. The highest BCUT2D eigenvalue weighted by Crippen LogP contribution is 2.34. The maximum atomic E-state index is 13.0. The van der Waals surface area contributed by atoms with Gasteiger partial charge < -0.3 is 14.7 Å². The Labute approximate surface area is 94.4 Å². The Morgan fingerprint density at radius 1 is 1.56 bits per heavy atom. The topological polar surface area (TPSA) is 32.7 Å². The Morgan fingerprint density at radius 2 is 2.38 bits per heavy atom. The van der Waals surface area contributed by atoms with Crippen LogP contribution in [0.1, 0.15) is 12.8 Å². The van der Waals surface area contributed by atoms with Crippen LogP contribution in [0.4, 0.5) is 10.1 Å². The fourth-order valence-electron chi connectivity index (χ4n) is 1.99. The molecule has 0 fully saturated rings. The van der Waals surface area contributed by atoms with E-state index in [-0.39, 0.29) is 18.5 Å². The lowest BCUT2D eigenvalue weighted by atomic mass is 10.1. The third kappa shape index (κ3) is 2.11. The Balaban J connectivity index is 2.15. The van der Waals surface area contributed by atoms with E-state index < -0.39 is 0 Å². The maximum absolute atomic E-state index is 13.0. The van der Waals surface area contributed by atoms with Crippen LogP contribution in [0, 0.1) is 5.82 Å². The van der Waals surface area contributed by atoms with Crippen LogP contribution in [-0.4, -0.2) is 31.4 Å². The molecule has 1 unspecified atom stereocenters. The van der Waals surface area contributed by atoms with Gasteiger partial charge in [0, 0.05) is 19.7 Å². The molecular weight excluding hydrogens is 209 g/mol. The number of likely N-dealkylation sites (N-methyl/N-ethyl adjacent to an activating group) is 1. The van der Waals surface area contributed by atoms with Crippen LogP contribution < -0.4 is 9.64 Å². The summed E-state index contributed by atoms with van der Waals surface area (Å²) in [5.41, 5.74) is 0.913. The van der Waals surface area contributed by atoms with Crippen molar-refractivity contribution in [3.63, 3.8) is 0 Å². The highest BCUT2D eigenvalue weighted by Gasteiger charge is 2.24. The monoisotopic (exact) mass is 225 g/mol. The first-order valence-electron chi connectivity index (χ1n) is 5.48. The minimum Gasteiger partial charge on any atom is -0.489 e. The van der Waals surface area contributed by atoms with Crippen molar-refractivity contribution in [3.8, 4) is 5.75 Å². The van der Waals surface area contributed by atoms with Crippen molar-refractivity contribution in [1.82, 2.24) is 0 Å². The predicted molar refractivity (Wildman–Crippen MR) is 60.4 cm³/mol. The van der Waals surface area contributed by atoms with Gasteiger partial charge in [-0.05, 0) is 25.0 Å². The number of ether oxygens (including phenoxy) is 1. The van der Waals surface area contributed by atoms with E-state index in [2.05, 4.69) is 4.90 Å². The van der Waals surface area contributed by atoms with Gasteiger partial charge in [0.15, 0.2) is 0 Å². The Morgan fingerprint density at radius 3 is 3.12 bits per heavy atom. The zero-order valence-electron chi connectivity index (χ0n) is 9.32. The molecule has 1 N–H and O–H groups in total. The number of hydrogen-bond acceptors (Lipinski definition) is 3. The number of anilines is 1. The van der Waals surface area contributed by atoms with E-state index in [4.69, 9.17) is 9.84 Å². The van der Waals surface area contributed by atoms with Crippen molar-refractivity contribution in [2.45, 2.75) is 18.9 Å². The van der Waals surface area contributed by atoms with Crippen LogP contribution in [-0.2, 0) is 0 Å². The molecule has 0 aliphatic carbocycles. The molecule has 0 aromatic heterocycles. The second-order valence-electron chi connectivity index (χ2n) is 4.05. The molecule has 0 bridgehead atoms. The van der Waals surface area contributed by atoms with E-state index in [1.807, 2.05) is 7.05 Å². The molecule has 0 radical (unpaired) electrons. The predicted octanol–water partition coefficient (Wildman–Crippen LogP) is 1.80. The first kappa shape index (κ1) is 11.2. The van der Waals surface area contributed by atoms with Gasteiger partial charge in [0.05, 0.1) is 11.7 Å². The van der Waals surface area contributed by atoms with Gasteiger partial charge in [-0.25, -0.2) is 4.39 Å². The zero-order chi connectivity index (χ0) is 11.5. The number of fused-ring (bicyclic) bond motifs is 1. The number of benzene rings is 1. The van der Waals surface area contributed by atoms with Crippen molar-refractivity contribution in [2.24, 2.45) is 0 Å². The third-order valence-electron chi connectivity index (χ3n) is 2.98. The summed E-state index contributed by atoms with van der Waals surface area (Å²) in [5.74, 6) is 0.323. The summed E-state index contributed by atoms with van der Waals surface area (Å²) in [6.45, 7) is 0.744. The van der Waals surface area contributed by atoms with Crippen molar-refractivity contribution in [3.05, 3.63) is 24.0 Å². The van der Waals surface area contributed by atoms with Gasteiger partial charge in [0.2, 0.25) is 0 Å². The molecule has 1 atom stereocenters. The van der Waals surface area contributed by atoms with E-state index in [1.54, 1.807) is 6.07 Å². The maximum Gasteiger partial charge on any atom is 0.145 e. The molecule has 16 heavy (non-hydrogen) atoms. The van der Waals surface area contributed by atoms with E-state index in [0.717, 1.165) is 18.5 Å². The molecule has 0 saturated heterocycles. The summed E-state index contributed by atoms with van der Waals surface area (Å²) in [6.07, 6.45) is 1.64. The first-order valence-corrected chi connectivity index (χ1v) is 5.48. The molecular formula is C12H16FNO2. The number of aliphatic hydroxyl groups excluding tert-OH is 1. The van der Waals surface area contributed by atoms with E-state index in [1.165, 1.54) is 12.1 Å². The molecule has 1 aliphatic rings. The van der Waals surface area contributed by atoms with E-state index >= 15 is 0 Å². The van der Waals surface area contributed by atoms with Crippen LogP contribution in [0.2, 0.25) is 0 Å².